The smallest absolute Gasteiger partial charge is 0.270 e. The van der Waals surface area contributed by atoms with Gasteiger partial charge in [-0.1, -0.05) is 84.9 Å². The van der Waals surface area contributed by atoms with Crippen LogP contribution < -0.4 is 0 Å². The number of benzene rings is 4. The van der Waals surface area contributed by atoms with Crippen molar-refractivity contribution in [2.45, 2.75) is 15.4 Å². The van der Waals surface area contributed by atoms with Crippen molar-refractivity contribution in [1.29, 1.82) is 0 Å². The van der Waals surface area contributed by atoms with Gasteiger partial charge in [0.25, 0.3) is 15.9 Å². The Bertz CT molecular complexity index is 1790. The third-order valence-corrected chi connectivity index (χ3v) is 9.28. The van der Waals surface area contributed by atoms with Crippen LogP contribution in [0.1, 0.15) is 20.7 Å². The average Bonchev–Trinajstić information content (AvgIpc) is 3.52. The lowest BCUT2D eigenvalue weighted by Crippen LogP contribution is -2.43. The molecule has 1 atom stereocenters. The van der Waals surface area contributed by atoms with Crippen molar-refractivity contribution in [1.82, 2.24) is 24.5 Å². The van der Waals surface area contributed by atoms with Crippen LogP contribution >= 0.6 is 11.8 Å². The number of carbonyl (C=O) groups is 2. The molecule has 0 aliphatic carbocycles. The number of sulfonamides is 1. The first-order chi connectivity index (χ1) is 18.9. The zero-order valence-electron chi connectivity index (χ0n) is 20.2. The predicted octanol–water partition coefficient (Wildman–Crippen LogP) is 4.48. The fourth-order valence-corrected chi connectivity index (χ4v) is 7.32. The van der Waals surface area contributed by atoms with Crippen molar-refractivity contribution in [3.63, 3.8) is 0 Å². The number of carbonyl (C=O) groups excluding carboxylic acids is 2. The number of thioether (sulfide) groups is 1. The highest BCUT2D eigenvalue weighted by Gasteiger charge is 2.48. The van der Waals surface area contributed by atoms with E-state index in [-0.39, 0.29) is 21.2 Å². The molecule has 2 heterocycles. The van der Waals surface area contributed by atoms with Gasteiger partial charge in [-0.25, -0.2) is 12.7 Å². The first-order valence-corrected chi connectivity index (χ1v) is 14.1. The number of ketones is 1. The Labute approximate surface area is 228 Å². The molecule has 192 valence electrons. The summed E-state index contributed by atoms with van der Waals surface area (Å²) in [5.41, 5.74) is 2.73. The number of fused-ring (bicyclic) bond motifs is 1. The van der Waals surface area contributed by atoms with E-state index >= 15 is 0 Å². The molecule has 0 fully saturated rings. The topological polar surface area (TPSA) is 115 Å². The predicted molar refractivity (Wildman–Crippen MR) is 145 cm³/mol. The lowest BCUT2D eigenvalue weighted by Gasteiger charge is -2.24. The molecule has 6 rings (SSSR count). The summed E-state index contributed by atoms with van der Waals surface area (Å²) in [5.74, 6) is -1.36. The fourth-order valence-electron chi connectivity index (χ4n) is 4.33. The van der Waals surface area contributed by atoms with Crippen molar-refractivity contribution in [3.05, 3.63) is 120 Å². The van der Waals surface area contributed by atoms with Gasteiger partial charge in [0, 0.05) is 5.56 Å². The van der Waals surface area contributed by atoms with Crippen LogP contribution in [0, 0.1) is 0 Å². The van der Waals surface area contributed by atoms with Crippen molar-refractivity contribution in [2.24, 2.45) is 0 Å². The second kappa shape index (κ2) is 9.93. The zero-order valence-corrected chi connectivity index (χ0v) is 21.8. The van der Waals surface area contributed by atoms with Crippen LogP contribution in [0.4, 0.5) is 0 Å². The van der Waals surface area contributed by atoms with E-state index in [2.05, 4.69) is 15.5 Å². The van der Waals surface area contributed by atoms with E-state index in [0.29, 0.717) is 9.99 Å². The molecule has 0 saturated carbocycles. The van der Waals surface area contributed by atoms with Crippen LogP contribution in [0.15, 0.2) is 119 Å². The normalized spacial score (nSPS) is 14.7. The molecule has 0 radical (unpaired) electrons. The van der Waals surface area contributed by atoms with Crippen LogP contribution in [0.5, 0.6) is 0 Å². The Morgan fingerprint density at radius 3 is 2.08 bits per heavy atom. The lowest BCUT2D eigenvalue weighted by molar-refractivity contribution is 0.0803. The highest BCUT2D eigenvalue weighted by atomic mass is 32.2. The second-order valence-electron chi connectivity index (χ2n) is 8.59. The van der Waals surface area contributed by atoms with E-state index in [0.717, 1.165) is 22.9 Å². The second-order valence-corrected chi connectivity index (χ2v) is 11.4. The largest absolute Gasteiger partial charge is 0.291 e. The molecule has 0 bridgehead atoms. The number of amides is 1. The Morgan fingerprint density at radius 2 is 1.38 bits per heavy atom. The summed E-state index contributed by atoms with van der Waals surface area (Å²) in [4.78, 5) is 27.3. The van der Waals surface area contributed by atoms with Gasteiger partial charge in [-0.3, -0.25) is 9.59 Å². The van der Waals surface area contributed by atoms with Gasteiger partial charge in [0.05, 0.1) is 11.3 Å². The average molecular weight is 554 g/mol. The molecule has 1 amide bonds. The van der Waals surface area contributed by atoms with Gasteiger partial charge in [0.1, 0.15) is 4.90 Å². The molecule has 0 spiro atoms. The molecule has 1 aromatic heterocycles. The number of hydrogen-bond donors (Lipinski definition) is 0. The molecule has 1 aliphatic heterocycles. The SMILES string of the molecule is O=C(c1ccc(-c2ccccc2)cc1)C(Sc1nnnn1-c1ccccc1)N1C(=O)c2ccccc2S1(=O)=O. The first kappa shape index (κ1) is 24.7. The van der Waals surface area contributed by atoms with E-state index in [1.165, 1.54) is 22.9 Å². The number of aromatic nitrogens is 4. The lowest BCUT2D eigenvalue weighted by atomic mass is 10.0. The Hall–Kier alpha value is -4.61. The summed E-state index contributed by atoms with van der Waals surface area (Å²) in [5, 5.41) is 10.4. The van der Waals surface area contributed by atoms with Gasteiger partial charge in [-0.05, 0) is 57.6 Å². The molecule has 0 N–H and O–H groups in total. The first-order valence-electron chi connectivity index (χ1n) is 11.8. The molecule has 4 aromatic carbocycles. The van der Waals surface area contributed by atoms with Gasteiger partial charge in [0.15, 0.2) is 11.2 Å². The monoisotopic (exact) mass is 553 g/mol. The molecule has 5 aromatic rings. The molecule has 0 saturated heterocycles. The van der Waals surface area contributed by atoms with Crippen LogP contribution in [0.3, 0.4) is 0 Å². The molecule has 1 unspecified atom stereocenters. The standard InChI is InChI=1S/C28H19N5O4S2/c34-25(21-17-15-20(16-18-21)19-9-3-1-4-10-19)27(33-26(35)23-13-7-8-14-24(23)39(33,36)37)38-28-29-30-31-32(28)22-11-5-2-6-12-22/h1-18,27H. The van der Waals surface area contributed by atoms with E-state index in [9.17, 15) is 18.0 Å². The molecular weight excluding hydrogens is 534 g/mol. The maximum atomic E-state index is 14.0. The minimum atomic E-state index is -4.32. The van der Waals surface area contributed by atoms with Gasteiger partial charge in [0.2, 0.25) is 5.16 Å². The highest BCUT2D eigenvalue weighted by Crippen LogP contribution is 2.38. The number of para-hydroxylation sites is 1. The van der Waals surface area contributed by atoms with E-state index in [1.54, 1.807) is 54.6 Å². The van der Waals surface area contributed by atoms with Gasteiger partial charge < -0.3 is 0 Å². The maximum absolute atomic E-state index is 14.0. The quantitative estimate of drug-likeness (QED) is 0.214. The third kappa shape index (κ3) is 4.41. The third-order valence-electron chi connectivity index (χ3n) is 6.23. The summed E-state index contributed by atoms with van der Waals surface area (Å²) in [6.45, 7) is 0. The fraction of sp³-hybridized carbons (Fsp3) is 0.0357. The molecular formula is C28H19N5O4S2. The number of nitrogens with zero attached hydrogens (tertiary/aromatic N) is 5. The summed E-state index contributed by atoms with van der Waals surface area (Å²) in [6, 6.07) is 31.3. The Kier molecular flexibility index (Phi) is 6.29. The Balaban J connectivity index is 1.42. The van der Waals surface area contributed by atoms with Gasteiger partial charge in [-0.15, -0.1) is 5.10 Å². The van der Waals surface area contributed by atoms with Gasteiger partial charge >= 0.3 is 0 Å². The molecule has 11 heteroatoms. The number of tetrazole rings is 1. The summed E-state index contributed by atoms with van der Waals surface area (Å²) in [7, 11) is -4.32. The van der Waals surface area contributed by atoms with Crippen LogP contribution in [-0.2, 0) is 10.0 Å². The van der Waals surface area contributed by atoms with E-state index < -0.39 is 27.1 Å². The number of hydrogen-bond acceptors (Lipinski definition) is 8. The molecule has 39 heavy (non-hydrogen) atoms. The van der Waals surface area contributed by atoms with Crippen LogP contribution in [-0.4, -0.2) is 50.0 Å². The van der Waals surface area contributed by atoms with Gasteiger partial charge in [-0.2, -0.15) is 4.68 Å². The Morgan fingerprint density at radius 1 is 0.769 bits per heavy atom. The minimum Gasteiger partial charge on any atom is -0.291 e. The number of rotatable bonds is 7. The minimum absolute atomic E-state index is 0.0120. The van der Waals surface area contributed by atoms with Crippen molar-refractivity contribution >= 4 is 33.5 Å². The number of Topliss-reactive ketones (excluding diaryl/α,β-unsaturated/α-hetero) is 1. The van der Waals surface area contributed by atoms with Crippen LogP contribution in [0.2, 0.25) is 0 Å². The molecule has 9 nitrogen and oxygen atoms in total. The van der Waals surface area contributed by atoms with Crippen LogP contribution in [0.25, 0.3) is 16.8 Å². The molecule has 1 aliphatic rings. The summed E-state index contributed by atoms with van der Waals surface area (Å²) < 4.78 is 29.2. The highest BCUT2D eigenvalue weighted by molar-refractivity contribution is 8.01. The van der Waals surface area contributed by atoms with Crippen molar-refractivity contribution < 1.29 is 18.0 Å². The van der Waals surface area contributed by atoms with E-state index in [1.807, 2.05) is 36.4 Å². The van der Waals surface area contributed by atoms with Crippen molar-refractivity contribution in [2.75, 3.05) is 0 Å². The summed E-state index contributed by atoms with van der Waals surface area (Å²) >= 11 is 0.798. The van der Waals surface area contributed by atoms with E-state index in [4.69, 9.17) is 0 Å². The maximum Gasteiger partial charge on any atom is 0.270 e. The zero-order chi connectivity index (χ0) is 27.0. The van der Waals surface area contributed by atoms with Crippen molar-refractivity contribution in [3.8, 4) is 16.8 Å². The summed E-state index contributed by atoms with van der Waals surface area (Å²) in [6.07, 6.45) is 0.